The number of rotatable bonds is 9. The van der Waals surface area contributed by atoms with Crippen LogP contribution in [-0.2, 0) is 6.42 Å². The Morgan fingerprint density at radius 1 is 1.14 bits per heavy atom. The molecule has 118 valence electrons. The van der Waals surface area contributed by atoms with Crippen LogP contribution in [0.5, 0.6) is 11.5 Å². The van der Waals surface area contributed by atoms with Crippen molar-refractivity contribution in [2.45, 2.75) is 58.0 Å². The van der Waals surface area contributed by atoms with Gasteiger partial charge in [0.2, 0.25) is 0 Å². The Bertz CT molecular complexity index is 441. The average Bonchev–Trinajstić information content (AvgIpc) is 2.48. The van der Waals surface area contributed by atoms with E-state index in [0.29, 0.717) is 0 Å². The lowest BCUT2D eigenvalue weighted by Crippen LogP contribution is -2.45. The van der Waals surface area contributed by atoms with E-state index in [9.17, 15) is 0 Å². The van der Waals surface area contributed by atoms with Crippen LogP contribution >= 0.6 is 0 Å². The molecule has 0 spiro atoms. The van der Waals surface area contributed by atoms with Crippen LogP contribution in [0.2, 0.25) is 0 Å². The van der Waals surface area contributed by atoms with Gasteiger partial charge in [-0.05, 0) is 69.3 Å². The first-order valence-corrected chi connectivity index (χ1v) is 8.29. The minimum Gasteiger partial charge on any atom is -0.493 e. The fraction of sp³-hybridized carbons (Fsp3) is 0.667. The minimum atomic E-state index is 0.0156. The molecule has 0 heterocycles. The fourth-order valence-corrected chi connectivity index (χ4v) is 2.84. The summed E-state index contributed by atoms with van der Waals surface area (Å²) in [5.74, 6) is 1.76. The van der Waals surface area contributed by atoms with Crippen LogP contribution in [0.15, 0.2) is 18.2 Å². The highest BCUT2D eigenvalue weighted by Crippen LogP contribution is 2.42. The molecule has 0 atom stereocenters. The fourth-order valence-electron chi connectivity index (χ4n) is 2.84. The van der Waals surface area contributed by atoms with Gasteiger partial charge in [0.05, 0.1) is 7.11 Å². The van der Waals surface area contributed by atoms with Crippen molar-refractivity contribution < 1.29 is 9.47 Å². The molecule has 2 rings (SSSR count). The van der Waals surface area contributed by atoms with E-state index < -0.39 is 0 Å². The zero-order valence-electron chi connectivity index (χ0n) is 13.7. The molecule has 21 heavy (non-hydrogen) atoms. The molecule has 1 aromatic rings. The number of benzene rings is 1. The summed E-state index contributed by atoms with van der Waals surface area (Å²) in [4.78, 5) is 0. The molecule has 0 aliphatic heterocycles. The molecular formula is C18H29NO2. The largest absolute Gasteiger partial charge is 0.493 e. The second-order valence-corrected chi connectivity index (χ2v) is 5.98. The molecule has 1 aliphatic rings. The van der Waals surface area contributed by atoms with Crippen molar-refractivity contribution in [2.75, 3.05) is 20.2 Å². The molecule has 0 radical (unpaired) electrons. The van der Waals surface area contributed by atoms with Gasteiger partial charge in [0.1, 0.15) is 5.60 Å². The van der Waals surface area contributed by atoms with E-state index >= 15 is 0 Å². The lowest BCUT2D eigenvalue weighted by atomic mass is 9.77. The van der Waals surface area contributed by atoms with Crippen LogP contribution in [0, 0.1) is 0 Å². The van der Waals surface area contributed by atoms with Crippen molar-refractivity contribution in [3.05, 3.63) is 23.8 Å². The molecule has 0 bridgehead atoms. The molecule has 1 saturated carbocycles. The van der Waals surface area contributed by atoms with Crippen molar-refractivity contribution in [3.63, 3.8) is 0 Å². The van der Waals surface area contributed by atoms with Gasteiger partial charge in [-0.2, -0.15) is 0 Å². The summed E-state index contributed by atoms with van der Waals surface area (Å²) in [5.41, 5.74) is 1.30. The SMILES string of the molecule is CCCNCCC1(Oc2ccc(CC)cc2OC)CCC1. The van der Waals surface area contributed by atoms with E-state index in [2.05, 4.69) is 37.4 Å². The van der Waals surface area contributed by atoms with Crippen LogP contribution in [0.1, 0.15) is 51.5 Å². The predicted molar refractivity (Wildman–Crippen MR) is 87.4 cm³/mol. The molecule has 1 N–H and O–H groups in total. The number of hydrogen-bond acceptors (Lipinski definition) is 3. The van der Waals surface area contributed by atoms with Crippen LogP contribution in [-0.4, -0.2) is 25.8 Å². The van der Waals surface area contributed by atoms with Crippen LogP contribution in [0.25, 0.3) is 0 Å². The van der Waals surface area contributed by atoms with E-state index in [1.807, 2.05) is 0 Å². The van der Waals surface area contributed by atoms with Crippen molar-refractivity contribution in [1.29, 1.82) is 0 Å². The Morgan fingerprint density at radius 2 is 1.95 bits per heavy atom. The maximum absolute atomic E-state index is 6.37. The Balaban J connectivity index is 2.00. The van der Waals surface area contributed by atoms with Gasteiger partial charge in [0, 0.05) is 0 Å². The van der Waals surface area contributed by atoms with Crippen molar-refractivity contribution >= 4 is 0 Å². The third-order valence-corrected chi connectivity index (χ3v) is 4.41. The lowest BCUT2D eigenvalue weighted by molar-refractivity contribution is -0.0160. The van der Waals surface area contributed by atoms with Gasteiger partial charge < -0.3 is 14.8 Å². The molecular weight excluding hydrogens is 262 g/mol. The first kappa shape index (κ1) is 16.2. The summed E-state index contributed by atoms with van der Waals surface area (Å²) in [6, 6.07) is 6.30. The lowest BCUT2D eigenvalue weighted by Gasteiger charge is -2.42. The Kier molecular flexibility index (Phi) is 5.92. The number of hydrogen-bond donors (Lipinski definition) is 1. The van der Waals surface area contributed by atoms with Gasteiger partial charge in [0.15, 0.2) is 11.5 Å². The van der Waals surface area contributed by atoms with Crippen molar-refractivity contribution in [1.82, 2.24) is 5.32 Å². The van der Waals surface area contributed by atoms with Gasteiger partial charge in [-0.3, -0.25) is 0 Å². The highest BCUT2D eigenvalue weighted by atomic mass is 16.5. The van der Waals surface area contributed by atoms with E-state index in [0.717, 1.165) is 50.3 Å². The second kappa shape index (κ2) is 7.69. The zero-order valence-corrected chi connectivity index (χ0v) is 13.7. The summed E-state index contributed by atoms with van der Waals surface area (Å²) in [7, 11) is 1.72. The third-order valence-electron chi connectivity index (χ3n) is 4.41. The quantitative estimate of drug-likeness (QED) is 0.699. The first-order chi connectivity index (χ1) is 10.2. The van der Waals surface area contributed by atoms with E-state index in [-0.39, 0.29) is 5.60 Å². The Labute approximate surface area is 129 Å². The molecule has 1 fully saturated rings. The summed E-state index contributed by atoms with van der Waals surface area (Å²) in [6.07, 6.45) is 6.84. The van der Waals surface area contributed by atoms with E-state index in [4.69, 9.17) is 9.47 Å². The molecule has 0 aromatic heterocycles. The zero-order chi connectivity index (χ0) is 15.1. The maximum atomic E-state index is 6.37. The summed E-state index contributed by atoms with van der Waals surface area (Å²) in [6.45, 7) is 6.47. The highest BCUT2D eigenvalue weighted by Gasteiger charge is 2.39. The van der Waals surface area contributed by atoms with Crippen LogP contribution in [0.4, 0.5) is 0 Å². The summed E-state index contributed by atoms with van der Waals surface area (Å²) in [5, 5.41) is 3.48. The van der Waals surface area contributed by atoms with Crippen molar-refractivity contribution in [2.24, 2.45) is 0 Å². The Hall–Kier alpha value is -1.22. The molecule has 0 unspecified atom stereocenters. The molecule has 1 aromatic carbocycles. The monoisotopic (exact) mass is 291 g/mol. The predicted octanol–water partition coefficient (Wildman–Crippen LogP) is 3.95. The smallest absolute Gasteiger partial charge is 0.162 e. The standard InChI is InChI=1S/C18H29NO2/c1-4-12-19-13-11-18(9-6-10-18)21-16-8-7-15(5-2)14-17(16)20-3/h7-8,14,19H,4-6,9-13H2,1-3H3. The first-order valence-electron chi connectivity index (χ1n) is 8.29. The topological polar surface area (TPSA) is 30.5 Å². The number of ether oxygens (including phenoxy) is 2. The normalized spacial score (nSPS) is 16.3. The maximum Gasteiger partial charge on any atom is 0.162 e. The molecule has 3 heteroatoms. The third kappa shape index (κ3) is 4.13. The summed E-state index contributed by atoms with van der Waals surface area (Å²) >= 11 is 0. The molecule has 0 amide bonds. The second-order valence-electron chi connectivity index (χ2n) is 5.98. The Morgan fingerprint density at radius 3 is 2.52 bits per heavy atom. The van der Waals surface area contributed by atoms with Crippen molar-refractivity contribution in [3.8, 4) is 11.5 Å². The molecule has 1 aliphatic carbocycles. The number of aryl methyl sites for hydroxylation is 1. The molecule has 0 saturated heterocycles. The highest BCUT2D eigenvalue weighted by molar-refractivity contribution is 5.43. The van der Waals surface area contributed by atoms with Gasteiger partial charge in [-0.15, -0.1) is 0 Å². The average molecular weight is 291 g/mol. The molecule has 3 nitrogen and oxygen atoms in total. The van der Waals surface area contributed by atoms with E-state index in [1.165, 1.54) is 18.4 Å². The number of nitrogens with one attached hydrogen (secondary N) is 1. The summed E-state index contributed by atoms with van der Waals surface area (Å²) < 4.78 is 11.9. The van der Waals surface area contributed by atoms with Gasteiger partial charge in [0.25, 0.3) is 0 Å². The van der Waals surface area contributed by atoms with Gasteiger partial charge >= 0.3 is 0 Å². The van der Waals surface area contributed by atoms with Gasteiger partial charge in [-0.25, -0.2) is 0 Å². The van der Waals surface area contributed by atoms with Crippen LogP contribution in [0.3, 0.4) is 0 Å². The minimum absolute atomic E-state index is 0.0156. The number of methoxy groups -OCH3 is 1. The van der Waals surface area contributed by atoms with Gasteiger partial charge in [-0.1, -0.05) is 19.9 Å². The van der Waals surface area contributed by atoms with Crippen LogP contribution < -0.4 is 14.8 Å². The van der Waals surface area contributed by atoms with E-state index in [1.54, 1.807) is 7.11 Å².